The number of aryl methyl sites for hydroxylation is 1. The van der Waals surface area contributed by atoms with Crippen LogP contribution in [0.5, 0.6) is 0 Å². The van der Waals surface area contributed by atoms with Crippen LogP contribution in [0.15, 0.2) is 48.8 Å². The second-order valence-electron chi connectivity index (χ2n) is 9.35. The molecule has 1 atom stereocenters. The van der Waals surface area contributed by atoms with Crippen molar-refractivity contribution in [1.29, 1.82) is 0 Å². The van der Waals surface area contributed by atoms with Gasteiger partial charge in [0.05, 0.1) is 12.1 Å². The molecule has 3 aromatic rings. The molecule has 0 amide bonds. The summed E-state index contributed by atoms with van der Waals surface area (Å²) in [5.74, 6) is 2.27. The van der Waals surface area contributed by atoms with E-state index in [9.17, 15) is 0 Å². The van der Waals surface area contributed by atoms with Crippen LogP contribution in [0.4, 0.5) is 0 Å². The van der Waals surface area contributed by atoms with E-state index in [4.69, 9.17) is 0 Å². The highest BCUT2D eigenvalue weighted by molar-refractivity contribution is 5.73. The summed E-state index contributed by atoms with van der Waals surface area (Å²) < 4.78 is 5.03. The maximum atomic E-state index is 2.52. The molecule has 2 aliphatic heterocycles. The van der Waals surface area contributed by atoms with Gasteiger partial charge in [0.2, 0.25) is 0 Å². The molecule has 2 aromatic carbocycles. The molecule has 0 radical (unpaired) electrons. The van der Waals surface area contributed by atoms with Gasteiger partial charge in [0.15, 0.2) is 0 Å². The third kappa shape index (κ3) is 2.44. The molecule has 29 heavy (non-hydrogen) atoms. The number of rotatable bonds is 3. The fourth-order valence-electron chi connectivity index (χ4n) is 5.97. The Labute approximate surface area is 175 Å². The van der Waals surface area contributed by atoms with Crippen molar-refractivity contribution >= 4 is 0 Å². The van der Waals surface area contributed by atoms with Crippen LogP contribution in [0, 0.1) is 0 Å². The summed E-state index contributed by atoms with van der Waals surface area (Å²) in [6.45, 7) is 12.9. The zero-order valence-corrected chi connectivity index (χ0v) is 18.5. The first-order valence-corrected chi connectivity index (χ1v) is 11.4. The smallest absolute Gasteiger partial charge is 0.230 e. The van der Waals surface area contributed by atoms with Crippen LogP contribution in [-0.4, -0.2) is 4.57 Å². The number of para-hydroxylation sites is 1. The Morgan fingerprint density at radius 3 is 2.52 bits per heavy atom. The fraction of sp³-hybridized carbons (Fsp3) is 0.444. The summed E-state index contributed by atoms with van der Waals surface area (Å²) in [7, 11) is 0. The van der Waals surface area contributed by atoms with Crippen molar-refractivity contribution in [3.63, 3.8) is 0 Å². The monoisotopic (exact) mass is 385 g/mol. The lowest BCUT2D eigenvalue weighted by Crippen LogP contribution is -2.36. The van der Waals surface area contributed by atoms with Gasteiger partial charge in [-0.05, 0) is 41.7 Å². The highest BCUT2D eigenvalue weighted by Crippen LogP contribution is 2.49. The third-order valence-corrected chi connectivity index (χ3v) is 7.87. The Hall–Kier alpha value is -2.35. The first-order chi connectivity index (χ1) is 14.0. The average molecular weight is 386 g/mol. The zero-order valence-electron chi connectivity index (χ0n) is 18.5. The van der Waals surface area contributed by atoms with Crippen molar-refractivity contribution in [2.75, 3.05) is 0 Å². The van der Waals surface area contributed by atoms with E-state index >= 15 is 0 Å². The topological polar surface area (TPSA) is 8.81 Å². The van der Waals surface area contributed by atoms with Crippen molar-refractivity contribution in [1.82, 2.24) is 4.57 Å². The molecule has 2 heteroatoms. The Morgan fingerprint density at radius 2 is 1.79 bits per heavy atom. The Kier molecular flexibility index (Phi) is 4.24. The first-order valence-electron chi connectivity index (χ1n) is 11.4. The van der Waals surface area contributed by atoms with Crippen molar-refractivity contribution in [2.45, 2.75) is 77.7 Å². The van der Waals surface area contributed by atoms with E-state index in [0.29, 0.717) is 11.8 Å². The highest BCUT2D eigenvalue weighted by atomic mass is 15.2. The van der Waals surface area contributed by atoms with Crippen molar-refractivity contribution in [3.8, 4) is 17.1 Å². The average Bonchev–Trinajstić information content (AvgIpc) is 3.05. The van der Waals surface area contributed by atoms with E-state index in [-0.39, 0.29) is 5.41 Å². The molecule has 0 saturated carbocycles. The number of hydrogen-bond acceptors (Lipinski definition) is 0. The molecule has 0 N–H and O–H groups in total. The molecule has 0 fully saturated rings. The van der Waals surface area contributed by atoms with Crippen LogP contribution in [0.3, 0.4) is 0 Å². The summed E-state index contributed by atoms with van der Waals surface area (Å²) in [5, 5.41) is 0. The van der Waals surface area contributed by atoms with Crippen LogP contribution in [-0.2, 0) is 12.0 Å². The largest absolute Gasteiger partial charge is 0.294 e. The number of hydrogen-bond donors (Lipinski definition) is 0. The summed E-state index contributed by atoms with van der Waals surface area (Å²) in [6.07, 6.45) is 8.23. The first kappa shape index (κ1) is 18.7. The van der Waals surface area contributed by atoms with Gasteiger partial charge in [0.25, 0.3) is 5.82 Å². The molecule has 5 rings (SSSR count). The van der Waals surface area contributed by atoms with Crippen LogP contribution >= 0.6 is 0 Å². The maximum absolute atomic E-state index is 2.52. The third-order valence-electron chi connectivity index (χ3n) is 7.87. The molecule has 1 unspecified atom stereocenters. The van der Waals surface area contributed by atoms with Crippen molar-refractivity contribution < 1.29 is 4.57 Å². The minimum atomic E-state index is 0.263. The number of imidazole rings is 1. The Balaban J connectivity index is 1.94. The highest BCUT2D eigenvalue weighted by Gasteiger charge is 2.42. The van der Waals surface area contributed by atoms with Gasteiger partial charge in [0, 0.05) is 17.0 Å². The van der Waals surface area contributed by atoms with E-state index in [2.05, 4.69) is 92.5 Å². The summed E-state index contributed by atoms with van der Waals surface area (Å²) in [4.78, 5) is 0. The molecule has 3 heterocycles. The van der Waals surface area contributed by atoms with E-state index in [1.165, 1.54) is 53.0 Å². The van der Waals surface area contributed by atoms with E-state index in [1.807, 2.05) is 0 Å². The predicted molar refractivity (Wildman–Crippen MR) is 120 cm³/mol. The number of benzene rings is 2. The summed E-state index contributed by atoms with van der Waals surface area (Å²) >= 11 is 0. The summed E-state index contributed by atoms with van der Waals surface area (Å²) in [5.41, 5.74) is 9.13. The molecule has 2 nitrogen and oxygen atoms in total. The van der Waals surface area contributed by atoms with Crippen LogP contribution in [0.2, 0.25) is 0 Å². The van der Waals surface area contributed by atoms with E-state index in [1.54, 1.807) is 5.56 Å². The van der Waals surface area contributed by atoms with Gasteiger partial charge in [-0.15, -0.1) is 0 Å². The second-order valence-corrected chi connectivity index (χ2v) is 9.35. The Bertz CT molecular complexity index is 1080. The molecule has 0 saturated heterocycles. The minimum Gasteiger partial charge on any atom is -0.230 e. The quantitative estimate of drug-likeness (QED) is 0.456. The Morgan fingerprint density at radius 1 is 1.07 bits per heavy atom. The van der Waals surface area contributed by atoms with Crippen molar-refractivity contribution in [3.05, 3.63) is 71.0 Å². The van der Waals surface area contributed by atoms with Gasteiger partial charge < -0.3 is 0 Å². The molecular formula is C27H33N2+. The minimum absolute atomic E-state index is 0.263. The number of nitrogens with zero attached hydrogens (tertiary/aromatic N) is 2. The van der Waals surface area contributed by atoms with E-state index in [0.717, 1.165) is 6.54 Å². The van der Waals surface area contributed by atoms with Gasteiger partial charge in [-0.1, -0.05) is 71.0 Å². The van der Waals surface area contributed by atoms with E-state index < -0.39 is 0 Å². The van der Waals surface area contributed by atoms with Crippen LogP contribution < -0.4 is 4.57 Å². The van der Waals surface area contributed by atoms with Gasteiger partial charge in [-0.3, -0.25) is 0 Å². The maximum Gasteiger partial charge on any atom is 0.294 e. The lowest BCUT2D eigenvalue weighted by molar-refractivity contribution is -0.686. The predicted octanol–water partition coefficient (Wildman–Crippen LogP) is 6.48. The van der Waals surface area contributed by atoms with Gasteiger partial charge in [-0.25, -0.2) is 4.57 Å². The molecule has 0 spiro atoms. The number of aromatic nitrogens is 2. The molecular weight excluding hydrogens is 352 g/mol. The molecule has 0 bridgehead atoms. The standard InChI is InChI=1S/C27H33N2/c1-6-27(7-2)14-15-28-16-17-29-25-20(18(3)4)10-8-12-22(25)19(5)21-11-9-13-23(27)24(21)26(28)29/h8-13,16-19H,6-7,14-15H2,1-5H3/q+1. The SMILES string of the molecule is CCC1(CC)CC[n+]2ccn3c2-c2c(cccc21)C(C)c1cccc(C(C)C)c1-3. The molecule has 150 valence electrons. The van der Waals surface area contributed by atoms with Gasteiger partial charge >= 0.3 is 0 Å². The lowest BCUT2D eigenvalue weighted by Gasteiger charge is -2.32. The zero-order chi connectivity index (χ0) is 20.3. The summed E-state index contributed by atoms with van der Waals surface area (Å²) in [6, 6.07) is 14.0. The lowest BCUT2D eigenvalue weighted by atomic mass is 9.70. The van der Waals surface area contributed by atoms with Crippen molar-refractivity contribution in [2.24, 2.45) is 0 Å². The molecule has 0 aliphatic carbocycles. The molecule has 1 aromatic heterocycles. The van der Waals surface area contributed by atoms with Crippen LogP contribution in [0.1, 0.15) is 88.0 Å². The van der Waals surface area contributed by atoms with Crippen LogP contribution in [0.25, 0.3) is 17.1 Å². The fourth-order valence-corrected chi connectivity index (χ4v) is 5.97. The van der Waals surface area contributed by atoms with Gasteiger partial charge in [0.1, 0.15) is 18.1 Å². The normalized spacial score (nSPS) is 18.8. The molecule has 2 aliphatic rings. The second kappa shape index (κ2) is 6.58. The van der Waals surface area contributed by atoms with Gasteiger partial charge in [-0.2, -0.15) is 4.57 Å². The number of fused-ring (bicyclic) bond motifs is 2.